The molecule has 0 saturated carbocycles. The number of morpholine rings is 1. The van der Waals surface area contributed by atoms with Crippen molar-refractivity contribution in [2.24, 2.45) is 0 Å². The summed E-state index contributed by atoms with van der Waals surface area (Å²) in [7, 11) is 0. The first-order chi connectivity index (χ1) is 7.66. The van der Waals surface area contributed by atoms with Crippen LogP contribution in [-0.2, 0) is 4.74 Å². The van der Waals surface area contributed by atoms with E-state index in [2.05, 4.69) is 5.32 Å². The van der Waals surface area contributed by atoms with Crippen molar-refractivity contribution in [3.63, 3.8) is 0 Å². The molecular weight excluding hydrogens is 226 g/mol. The molecule has 16 heavy (non-hydrogen) atoms. The van der Waals surface area contributed by atoms with E-state index in [4.69, 9.17) is 16.3 Å². The van der Waals surface area contributed by atoms with Gasteiger partial charge in [0, 0.05) is 5.02 Å². The Morgan fingerprint density at radius 2 is 2.06 bits per heavy atom. The van der Waals surface area contributed by atoms with Crippen LogP contribution >= 0.6 is 11.6 Å². The Morgan fingerprint density at radius 1 is 1.38 bits per heavy atom. The average Bonchev–Trinajstić information content (AvgIpc) is 2.30. The zero-order chi connectivity index (χ0) is 11.5. The van der Waals surface area contributed by atoms with Gasteiger partial charge in [-0.15, -0.1) is 0 Å². The number of ether oxygens (including phenoxy) is 1. The summed E-state index contributed by atoms with van der Waals surface area (Å²) in [6.07, 6.45) is -0.407. The van der Waals surface area contributed by atoms with E-state index in [1.807, 2.05) is 24.3 Å². The van der Waals surface area contributed by atoms with Gasteiger partial charge < -0.3 is 15.2 Å². The predicted octanol–water partition coefficient (Wildman–Crippen LogP) is 1.75. The number of benzene rings is 1. The Morgan fingerprint density at radius 3 is 2.69 bits per heavy atom. The first-order valence-electron chi connectivity index (χ1n) is 5.44. The molecule has 3 atom stereocenters. The lowest BCUT2D eigenvalue weighted by atomic mass is 10.0. The maximum atomic E-state index is 9.52. The SMILES string of the molecule is C[C@@H](O)[C@H]1COC[C@@H](c2ccc(Cl)cc2)N1. The predicted molar refractivity (Wildman–Crippen MR) is 63.6 cm³/mol. The van der Waals surface area contributed by atoms with E-state index in [1.165, 1.54) is 0 Å². The van der Waals surface area contributed by atoms with E-state index >= 15 is 0 Å². The smallest absolute Gasteiger partial charge is 0.0687 e. The highest BCUT2D eigenvalue weighted by molar-refractivity contribution is 6.30. The number of hydrogen-bond acceptors (Lipinski definition) is 3. The molecule has 0 radical (unpaired) electrons. The molecule has 0 bridgehead atoms. The molecular formula is C12H16ClNO2. The Balaban J connectivity index is 2.06. The Labute approximate surface area is 100 Å². The molecule has 3 nitrogen and oxygen atoms in total. The summed E-state index contributed by atoms with van der Waals surface area (Å²) in [5.74, 6) is 0. The molecule has 1 aromatic rings. The van der Waals surface area contributed by atoms with E-state index in [0.29, 0.717) is 13.2 Å². The molecule has 1 heterocycles. The molecule has 1 aromatic carbocycles. The standard InChI is InChI=1S/C12H16ClNO2/c1-8(15)11-6-16-7-12(14-11)9-2-4-10(13)5-3-9/h2-5,8,11-12,14-15H,6-7H2,1H3/t8-,11-,12+/m1/s1. The van der Waals surface area contributed by atoms with E-state index in [1.54, 1.807) is 6.92 Å². The summed E-state index contributed by atoms with van der Waals surface area (Å²) >= 11 is 5.84. The van der Waals surface area contributed by atoms with E-state index in [-0.39, 0.29) is 12.1 Å². The molecule has 1 saturated heterocycles. The largest absolute Gasteiger partial charge is 0.392 e. The van der Waals surface area contributed by atoms with Crippen LogP contribution in [0.5, 0.6) is 0 Å². The molecule has 0 spiro atoms. The van der Waals surface area contributed by atoms with Crippen molar-refractivity contribution in [3.05, 3.63) is 34.9 Å². The molecule has 2 N–H and O–H groups in total. The summed E-state index contributed by atoms with van der Waals surface area (Å²) < 4.78 is 5.49. The minimum Gasteiger partial charge on any atom is -0.392 e. The minimum absolute atomic E-state index is 0.00516. The number of aliphatic hydroxyl groups is 1. The molecule has 0 aliphatic carbocycles. The fraction of sp³-hybridized carbons (Fsp3) is 0.500. The minimum atomic E-state index is -0.407. The van der Waals surface area contributed by atoms with E-state index in [9.17, 15) is 5.11 Å². The van der Waals surface area contributed by atoms with Gasteiger partial charge in [-0.25, -0.2) is 0 Å². The monoisotopic (exact) mass is 241 g/mol. The van der Waals surface area contributed by atoms with Crippen molar-refractivity contribution in [2.45, 2.75) is 25.1 Å². The second kappa shape index (κ2) is 5.15. The van der Waals surface area contributed by atoms with Crippen LogP contribution in [0.3, 0.4) is 0 Å². The van der Waals surface area contributed by atoms with Crippen LogP contribution in [0.2, 0.25) is 5.02 Å². The number of halogens is 1. The summed E-state index contributed by atoms with van der Waals surface area (Å²) in [4.78, 5) is 0. The van der Waals surface area contributed by atoms with Crippen LogP contribution in [0.25, 0.3) is 0 Å². The number of nitrogens with one attached hydrogen (secondary N) is 1. The third-order valence-electron chi connectivity index (χ3n) is 2.85. The normalized spacial score (nSPS) is 27.7. The quantitative estimate of drug-likeness (QED) is 0.829. The lowest BCUT2D eigenvalue weighted by Crippen LogP contribution is -2.49. The van der Waals surface area contributed by atoms with Crippen molar-refractivity contribution < 1.29 is 9.84 Å². The Kier molecular flexibility index (Phi) is 3.82. The van der Waals surface area contributed by atoms with Gasteiger partial charge in [0.15, 0.2) is 0 Å². The van der Waals surface area contributed by atoms with Crippen molar-refractivity contribution in [1.29, 1.82) is 0 Å². The van der Waals surface area contributed by atoms with E-state index < -0.39 is 6.10 Å². The molecule has 0 aromatic heterocycles. The molecule has 1 fully saturated rings. The zero-order valence-electron chi connectivity index (χ0n) is 9.19. The average molecular weight is 242 g/mol. The fourth-order valence-corrected chi connectivity index (χ4v) is 1.96. The van der Waals surface area contributed by atoms with Gasteiger partial charge in [0.05, 0.1) is 31.4 Å². The third kappa shape index (κ3) is 2.74. The van der Waals surface area contributed by atoms with Gasteiger partial charge in [-0.3, -0.25) is 0 Å². The molecule has 4 heteroatoms. The number of aliphatic hydroxyl groups excluding tert-OH is 1. The van der Waals surface area contributed by atoms with Crippen LogP contribution in [0.1, 0.15) is 18.5 Å². The number of rotatable bonds is 2. The highest BCUT2D eigenvalue weighted by atomic mass is 35.5. The van der Waals surface area contributed by atoms with Gasteiger partial charge >= 0.3 is 0 Å². The van der Waals surface area contributed by atoms with Crippen molar-refractivity contribution >= 4 is 11.6 Å². The first-order valence-corrected chi connectivity index (χ1v) is 5.82. The summed E-state index contributed by atoms with van der Waals surface area (Å²) in [6, 6.07) is 7.82. The van der Waals surface area contributed by atoms with E-state index in [0.717, 1.165) is 10.6 Å². The topological polar surface area (TPSA) is 41.5 Å². The first kappa shape index (κ1) is 11.9. The second-order valence-corrected chi connectivity index (χ2v) is 4.59. The second-order valence-electron chi connectivity index (χ2n) is 4.16. The lowest BCUT2D eigenvalue weighted by Gasteiger charge is -2.33. The zero-order valence-corrected chi connectivity index (χ0v) is 9.95. The van der Waals surface area contributed by atoms with Crippen molar-refractivity contribution in [1.82, 2.24) is 5.32 Å². The van der Waals surface area contributed by atoms with Gasteiger partial charge in [-0.2, -0.15) is 0 Å². The van der Waals surface area contributed by atoms with Gasteiger partial charge in [-0.1, -0.05) is 23.7 Å². The molecule has 2 rings (SSSR count). The molecule has 0 unspecified atom stereocenters. The van der Waals surface area contributed by atoms with Crippen LogP contribution in [-0.4, -0.2) is 30.5 Å². The Bertz CT molecular complexity index is 339. The van der Waals surface area contributed by atoms with Gasteiger partial charge in [0.2, 0.25) is 0 Å². The summed E-state index contributed by atoms with van der Waals surface area (Å²) in [6.45, 7) is 2.96. The van der Waals surface area contributed by atoms with Crippen molar-refractivity contribution in [3.8, 4) is 0 Å². The molecule has 1 aliphatic rings. The van der Waals surface area contributed by atoms with Crippen LogP contribution in [0.4, 0.5) is 0 Å². The molecule has 0 amide bonds. The van der Waals surface area contributed by atoms with Crippen LogP contribution in [0, 0.1) is 0 Å². The van der Waals surface area contributed by atoms with Gasteiger partial charge in [0.1, 0.15) is 0 Å². The number of hydrogen-bond donors (Lipinski definition) is 2. The van der Waals surface area contributed by atoms with Crippen LogP contribution in [0.15, 0.2) is 24.3 Å². The van der Waals surface area contributed by atoms with Gasteiger partial charge in [0.25, 0.3) is 0 Å². The fourth-order valence-electron chi connectivity index (χ4n) is 1.83. The maximum absolute atomic E-state index is 9.52. The molecule has 88 valence electrons. The highest BCUT2D eigenvalue weighted by Gasteiger charge is 2.25. The summed E-state index contributed by atoms with van der Waals surface area (Å²) in [5, 5.41) is 13.6. The Hall–Kier alpha value is -0.610. The van der Waals surface area contributed by atoms with Crippen molar-refractivity contribution in [2.75, 3.05) is 13.2 Å². The lowest BCUT2D eigenvalue weighted by molar-refractivity contribution is 0.00119. The molecule has 1 aliphatic heterocycles. The maximum Gasteiger partial charge on any atom is 0.0687 e. The van der Waals surface area contributed by atoms with Gasteiger partial charge in [-0.05, 0) is 24.6 Å². The third-order valence-corrected chi connectivity index (χ3v) is 3.10. The highest BCUT2D eigenvalue weighted by Crippen LogP contribution is 2.20. The summed E-state index contributed by atoms with van der Waals surface area (Å²) in [5.41, 5.74) is 1.13. The van der Waals surface area contributed by atoms with Crippen LogP contribution < -0.4 is 5.32 Å².